The zero-order valence-corrected chi connectivity index (χ0v) is 18.8. The smallest absolute Gasteiger partial charge is 0.282 e. The first-order valence-corrected chi connectivity index (χ1v) is 11.3. The van der Waals surface area contributed by atoms with E-state index in [0.717, 1.165) is 12.1 Å². The van der Waals surface area contributed by atoms with E-state index in [1.807, 2.05) is 38.1 Å². The Morgan fingerprint density at radius 1 is 1.19 bits per heavy atom. The topological polar surface area (TPSA) is 99.0 Å². The molecule has 0 aliphatic rings. The van der Waals surface area contributed by atoms with Crippen LogP contribution in [0.4, 0.5) is 5.69 Å². The monoisotopic (exact) mass is 441 g/mol. The molecule has 0 spiro atoms. The average molecular weight is 442 g/mol. The maximum absolute atomic E-state index is 12.9. The summed E-state index contributed by atoms with van der Waals surface area (Å²) in [6, 6.07) is 7.75. The summed E-state index contributed by atoms with van der Waals surface area (Å²) in [6.45, 7) is 6.97. The molecule has 0 aliphatic heterocycles. The molecule has 9 heteroatoms. The molecule has 3 aromatic rings. The Balaban J connectivity index is 1.73. The van der Waals surface area contributed by atoms with Gasteiger partial charge in [-0.05, 0) is 44.4 Å². The molecule has 2 aromatic heterocycles. The standard InChI is InChI=1S/C22H27N5O3S/c1-4-16-6-8-17(9-7-16)25-18(28)14-31-22-26-20-19(23-10-11-24-20)21(29)27(22)12-5-13-30-15(2)3/h6-11,15H,4-5,12-14H2,1-3H3,(H,25,28). The first-order valence-electron chi connectivity index (χ1n) is 10.3. The van der Waals surface area contributed by atoms with Gasteiger partial charge >= 0.3 is 0 Å². The molecule has 1 aromatic carbocycles. The molecule has 0 radical (unpaired) electrons. The Morgan fingerprint density at radius 3 is 2.65 bits per heavy atom. The fourth-order valence-corrected chi connectivity index (χ4v) is 3.74. The number of carbonyl (C=O) groups is 1. The summed E-state index contributed by atoms with van der Waals surface area (Å²) in [5.74, 6) is -0.0478. The number of aromatic nitrogens is 4. The predicted octanol–water partition coefficient (Wildman–Crippen LogP) is 3.29. The van der Waals surface area contributed by atoms with Crippen molar-refractivity contribution in [3.8, 4) is 0 Å². The fraction of sp³-hybridized carbons (Fsp3) is 0.409. The van der Waals surface area contributed by atoms with Crippen LogP contribution in [0.15, 0.2) is 46.6 Å². The highest BCUT2D eigenvalue weighted by Gasteiger charge is 2.15. The first-order chi connectivity index (χ1) is 15.0. The van der Waals surface area contributed by atoms with Crippen molar-refractivity contribution >= 4 is 34.5 Å². The number of rotatable bonds is 10. The Labute approximate surface area is 185 Å². The summed E-state index contributed by atoms with van der Waals surface area (Å²) in [7, 11) is 0. The van der Waals surface area contributed by atoms with E-state index in [1.54, 1.807) is 4.57 Å². The maximum atomic E-state index is 12.9. The van der Waals surface area contributed by atoms with Crippen molar-refractivity contribution in [3.63, 3.8) is 0 Å². The fourth-order valence-electron chi connectivity index (χ4n) is 2.93. The summed E-state index contributed by atoms with van der Waals surface area (Å²) in [5.41, 5.74) is 2.18. The lowest BCUT2D eigenvalue weighted by Crippen LogP contribution is -2.26. The number of nitrogens with zero attached hydrogens (tertiary/aromatic N) is 4. The van der Waals surface area contributed by atoms with Crippen molar-refractivity contribution < 1.29 is 9.53 Å². The molecule has 8 nitrogen and oxygen atoms in total. The van der Waals surface area contributed by atoms with E-state index < -0.39 is 0 Å². The quantitative estimate of drug-likeness (QED) is 0.293. The third kappa shape index (κ3) is 6.35. The molecule has 2 heterocycles. The first kappa shape index (κ1) is 22.9. The Hall–Kier alpha value is -2.78. The maximum Gasteiger partial charge on any atom is 0.282 e. The van der Waals surface area contributed by atoms with E-state index in [1.165, 1.54) is 29.7 Å². The summed E-state index contributed by atoms with van der Waals surface area (Å²) in [5, 5.41) is 3.32. The molecule has 0 saturated heterocycles. The highest BCUT2D eigenvalue weighted by Crippen LogP contribution is 2.18. The van der Waals surface area contributed by atoms with Crippen LogP contribution in [0, 0.1) is 0 Å². The van der Waals surface area contributed by atoms with Crippen molar-refractivity contribution in [2.45, 2.75) is 51.4 Å². The minimum Gasteiger partial charge on any atom is -0.379 e. The molecule has 164 valence electrons. The number of thioether (sulfide) groups is 1. The van der Waals surface area contributed by atoms with Gasteiger partial charge < -0.3 is 10.1 Å². The highest BCUT2D eigenvalue weighted by atomic mass is 32.2. The lowest BCUT2D eigenvalue weighted by Gasteiger charge is -2.13. The molecule has 31 heavy (non-hydrogen) atoms. The predicted molar refractivity (Wildman–Crippen MR) is 122 cm³/mol. The second kappa shape index (κ2) is 11.0. The molecular formula is C22H27N5O3S. The van der Waals surface area contributed by atoms with Gasteiger partial charge in [-0.2, -0.15) is 0 Å². The van der Waals surface area contributed by atoms with Gasteiger partial charge in [0.15, 0.2) is 16.3 Å². The Bertz CT molecular complexity index is 1080. The van der Waals surface area contributed by atoms with E-state index in [0.29, 0.717) is 24.7 Å². The number of nitrogens with one attached hydrogen (secondary N) is 1. The number of hydrogen-bond acceptors (Lipinski definition) is 7. The highest BCUT2D eigenvalue weighted by molar-refractivity contribution is 7.99. The van der Waals surface area contributed by atoms with Gasteiger partial charge in [-0.15, -0.1) is 0 Å². The molecular weight excluding hydrogens is 414 g/mol. The van der Waals surface area contributed by atoms with Crippen LogP contribution in [0.3, 0.4) is 0 Å². The second-order valence-corrected chi connectivity index (χ2v) is 8.18. The van der Waals surface area contributed by atoms with Crippen LogP contribution >= 0.6 is 11.8 Å². The van der Waals surface area contributed by atoms with E-state index in [-0.39, 0.29) is 34.5 Å². The molecule has 0 bridgehead atoms. The molecule has 0 fully saturated rings. The van der Waals surface area contributed by atoms with Gasteiger partial charge in [0, 0.05) is 31.2 Å². The van der Waals surface area contributed by atoms with Crippen LogP contribution in [-0.4, -0.2) is 43.9 Å². The van der Waals surface area contributed by atoms with Gasteiger partial charge in [0.1, 0.15) is 0 Å². The number of benzene rings is 1. The molecule has 3 rings (SSSR count). The summed E-state index contributed by atoms with van der Waals surface area (Å²) < 4.78 is 7.13. The van der Waals surface area contributed by atoms with Gasteiger partial charge in [0.25, 0.3) is 5.56 Å². The largest absolute Gasteiger partial charge is 0.379 e. The minimum absolute atomic E-state index is 0.121. The van der Waals surface area contributed by atoms with Crippen molar-refractivity contribution in [2.24, 2.45) is 0 Å². The minimum atomic E-state index is -0.263. The summed E-state index contributed by atoms with van der Waals surface area (Å²) in [4.78, 5) is 38.1. The van der Waals surface area contributed by atoms with Crippen molar-refractivity contribution in [1.29, 1.82) is 0 Å². The number of carbonyl (C=O) groups excluding carboxylic acids is 1. The zero-order chi connectivity index (χ0) is 22.2. The van der Waals surface area contributed by atoms with E-state index in [2.05, 4.69) is 27.2 Å². The van der Waals surface area contributed by atoms with E-state index in [4.69, 9.17) is 4.74 Å². The van der Waals surface area contributed by atoms with Gasteiger partial charge in [0.05, 0.1) is 11.9 Å². The number of anilines is 1. The number of aryl methyl sites for hydroxylation is 1. The Kier molecular flexibility index (Phi) is 8.13. The molecule has 0 aliphatic carbocycles. The van der Waals surface area contributed by atoms with Crippen molar-refractivity contribution in [2.75, 3.05) is 17.7 Å². The van der Waals surface area contributed by atoms with Crippen LogP contribution in [0.1, 0.15) is 32.8 Å². The van der Waals surface area contributed by atoms with Gasteiger partial charge in [-0.3, -0.25) is 14.2 Å². The lowest BCUT2D eigenvalue weighted by molar-refractivity contribution is -0.113. The lowest BCUT2D eigenvalue weighted by atomic mass is 10.1. The number of amides is 1. The van der Waals surface area contributed by atoms with Gasteiger partial charge in [-0.1, -0.05) is 30.8 Å². The number of hydrogen-bond donors (Lipinski definition) is 1. The molecule has 0 saturated carbocycles. The normalized spacial score (nSPS) is 11.2. The van der Waals surface area contributed by atoms with Crippen LogP contribution in [0.25, 0.3) is 11.2 Å². The average Bonchev–Trinajstić information content (AvgIpc) is 2.77. The molecule has 1 amide bonds. The third-order valence-electron chi connectivity index (χ3n) is 4.51. The number of fused-ring (bicyclic) bond motifs is 1. The van der Waals surface area contributed by atoms with Crippen LogP contribution in [0.2, 0.25) is 0 Å². The van der Waals surface area contributed by atoms with Crippen LogP contribution < -0.4 is 10.9 Å². The van der Waals surface area contributed by atoms with E-state index in [9.17, 15) is 9.59 Å². The summed E-state index contributed by atoms with van der Waals surface area (Å²) >= 11 is 1.21. The molecule has 1 N–H and O–H groups in total. The second-order valence-electron chi connectivity index (χ2n) is 7.24. The Morgan fingerprint density at radius 2 is 1.94 bits per heavy atom. The van der Waals surface area contributed by atoms with Gasteiger partial charge in [0.2, 0.25) is 5.91 Å². The molecule has 0 unspecified atom stereocenters. The summed E-state index contributed by atoms with van der Waals surface area (Å²) in [6.07, 6.45) is 4.69. The third-order valence-corrected chi connectivity index (χ3v) is 5.49. The van der Waals surface area contributed by atoms with Crippen LogP contribution in [0.5, 0.6) is 0 Å². The SMILES string of the molecule is CCc1ccc(NC(=O)CSc2nc3nccnc3c(=O)n2CCCOC(C)C)cc1. The van der Waals surface area contributed by atoms with Crippen molar-refractivity contribution in [3.05, 3.63) is 52.6 Å². The molecule has 0 atom stereocenters. The van der Waals surface area contributed by atoms with Gasteiger partial charge in [-0.25, -0.2) is 15.0 Å². The van der Waals surface area contributed by atoms with Crippen molar-refractivity contribution in [1.82, 2.24) is 19.5 Å². The van der Waals surface area contributed by atoms with Crippen LogP contribution in [-0.2, 0) is 22.5 Å². The zero-order valence-electron chi connectivity index (χ0n) is 18.0. The van der Waals surface area contributed by atoms with E-state index >= 15 is 0 Å². The number of ether oxygens (including phenoxy) is 1.